The third kappa shape index (κ3) is 3.28. The van der Waals surface area contributed by atoms with Gasteiger partial charge in [-0.05, 0) is 5.39 Å². The van der Waals surface area contributed by atoms with Crippen LogP contribution in [-0.4, -0.2) is 37.4 Å². The molecule has 0 bridgehead atoms. The molecule has 110 valence electrons. The van der Waals surface area contributed by atoms with Crippen LogP contribution in [-0.2, 0) is 4.79 Å². The second-order valence-electron chi connectivity index (χ2n) is 4.50. The number of nitrogens with zero attached hydrogens (tertiary/aromatic N) is 1. The van der Waals surface area contributed by atoms with Crippen molar-refractivity contribution in [1.82, 2.24) is 15.6 Å². The monoisotopic (exact) mass is 286 g/mol. The summed E-state index contributed by atoms with van der Waals surface area (Å²) < 4.78 is 0. The highest BCUT2D eigenvalue weighted by molar-refractivity contribution is 6.09. The highest BCUT2D eigenvalue weighted by Gasteiger charge is 2.12. The normalized spacial score (nSPS) is 10.2. The van der Waals surface area contributed by atoms with E-state index in [1.165, 1.54) is 0 Å². The number of carbonyl (C=O) groups excluding carboxylic acids is 2. The van der Waals surface area contributed by atoms with E-state index in [9.17, 15) is 9.59 Å². The molecule has 0 saturated carbocycles. The number of hydrogen-bond acceptors (Lipinski definition) is 4. The van der Waals surface area contributed by atoms with E-state index >= 15 is 0 Å². The Hall–Kier alpha value is -2.63. The molecular weight excluding hydrogens is 268 g/mol. The Morgan fingerprint density at radius 3 is 2.52 bits per heavy atom. The smallest absolute Gasteiger partial charge is 0.253 e. The van der Waals surface area contributed by atoms with Crippen LogP contribution in [0.25, 0.3) is 10.8 Å². The van der Waals surface area contributed by atoms with E-state index in [0.29, 0.717) is 12.1 Å². The Kier molecular flexibility index (Phi) is 4.71. The Labute approximate surface area is 122 Å². The zero-order valence-electron chi connectivity index (χ0n) is 12.1. The average molecular weight is 286 g/mol. The molecule has 21 heavy (non-hydrogen) atoms. The Morgan fingerprint density at radius 1 is 1.14 bits per heavy atom. The molecule has 0 radical (unpaired) electrons. The Bertz CT molecular complexity index is 670. The number of fused-ring (bicyclic) bond motifs is 1. The molecule has 6 heteroatoms. The van der Waals surface area contributed by atoms with Gasteiger partial charge in [0.15, 0.2) is 0 Å². The summed E-state index contributed by atoms with van der Waals surface area (Å²) in [5, 5.41) is 9.97. The van der Waals surface area contributed by atoms with Crippen molar-refractivity contribution in [3.63, 3.8) is 0 Å². The summed E-state index contributed by atoms with van der Waals surface area (Å²) in [5.74, 6) is 0.390. The minimum atomic E-state index is -0.231. The van der Waals surface area contributed by atoms with Gasteiger partial charge in [0.25, 0.3) is 5.91 Å². The van der Waals surface area contributed by atoms with Gasteiger partial charge in [-0.25, -0.2) is 4.98 Å². The van der Waals surface area contributed by atoms with E-state index in [1.54, 1.807) is 20.3 Å². The number of benzene rings is 1. The second kappa shape index (κ2) is 6.69. The molecule has 0 aliphatic heterocycles. The van der Waals surface area contributed by atoms with E-state index in [-0.39, 0.29) is 18.2 Å². The van der Waals surface area contributed by atoms with Gasteiger partial charge in [0.05, 0.1) is 5.56 Å². The molecule has 0 fully saturated rings. The van der Waals surface area contributed by atoms with Crippen molar-refractivity contribution >= 4 is 28.4 Å². The van der Waals surface area contributed by atoms with E-state index in [2.05, 4.69) is 20.9 Å². The molecule has 0 atom stereocenters. The Balaban J connectivity index is 2.22. The lowest BCUT2D eigenvalue weighted by Gasteiger charge is -2.10. The van der Waals surface area contributed by atoms with Crippen molar-refractivity contribution in [3.05, 3.63) is 36.0 Å². The lowest BCUT2D eigenvalue weighted by molar-refractivity contribution is -0.120. The molecule has 6 nitrogen and oxygen atoms in total. The molecule has 1 aromatic heterocycles. The molecule has 0 aliphatic rings. The zero-order valence-corrected chi connectivity index (χ0v) is 12.1. The van der Waals surface area contributed by atoms with Gasteiger partial charge in [-0.2, -0.15) is 0 Å². The number of carbonyl (C=O) groups is 2. The van der Waals surface area contributed by atoms with Crippen LogP contribution in [0.4, 0.5) is 5.82 Å². The molecule has 0 unspecified atom stereocenters. The standard InChI is InChI=1S/C15H18N4O2/c1-16-13(20)7-8-18-15(21)12-9-19-14(17-2)11-6-4-3-5-10(11)12/h3-6,9H,7-8H2,1-2H3,(H,16,20)(H,17,19)(H,18,21). The molecule has 2 aromatic rings. The number of hydrogen-bond donors (Lipinski definition) is 3. The summed E-state index contributed by atoms with van der Waals surface area (Å²) in [4.78, 5) is 27.6. The molecule has 1 heterocycles. The summed E-state index contributed by atoms with van der Waals surface area (Å²) in [6, 6.07) is 7.57. The van der Waals surface area contributed by atoms with Crippen molar-refractivity contribution in [3.8, 4) is 0 Å². The van der Waals surface area contributed by atoms with Crippen molar-refractivity contribution in [2.24, 2.45) is 0 Å². The zero-order chi connectivity index (χ0) is 15.2. The molecule has 3 N–H and O–H groups in total. The van der Waals surface area contributed by atoms with E-state index in [0.717, 1.165) is 16.6 Å². The summed E-state index contributed by atoms with van der Waals surface area (Å²) in [7, 11) is 3.36. The van der Waals surface area contributed by atoms with E-state index < -0.39 is 0 Å². The van der Waals surface area contributed by atoms with Crippen molar-refractivity contribution in [2.45, 2.75) is 6.42 Å². The van der Waals surface area contributed by atoms with Gasteiger partial charge in [-0.3, -0.25) is 9.59 Å². The van der Waals surface area contributed by atoms with Crippen LogP contribution >= 0.6 is 0 Å². The number of anilines is 1. The maximum Gasteiger partial charge on any atom is 0.253 e. The number of nitrogens with one attached hydrogen (secondary N) is 3. The first kappa shape index (κ1) is 14.8. The van der Waals surface area contributed by atoms with Crippen molar-refractivity contribution in [2.75, 3.05) is 26.0 Å². The highest BCUT2D eigenvalue weighted by Crippen LogP contribution is 2.23. The van der Waals surface area contributed by atoms with Gasteiger partial charge in [0.1, 0.15) is 5.82 Å². The second-order valence-corrected chi connectivity index (χ2v) is 4.50. The fourth-order valence-corrected chi connectivity index (χ4v) is 2.08. The maximum absolute atomic E-state index is 12.2. The van der Waals surface area contributed by atoms with Gasteiger partial charge < -0.3 is 16.0 Å². The predicted octanol–water partition coefficient (Wildman–Crippen LogP) is 1.14. The number of pyridine rings is 1. The summed E-state index contributed by atoms with van der Waals surface area (Å²) in [5.41, 5.74) is 0.501. The predicted molar refractivity (Wildman–Crippen MR) is 82.3 cm³/mol. The quantitative estimate of drug-likeness (QED) is 0.770. The first-order chi connectivity index (χ1) is 10.2. The van der Waals surface area contributed by atoms with Crippen molar-refractivity contribution in [1.29, 1.82) is 0 Å². The van der Waals surface area contributed by atoms with Crippen LogP contribution in [0.3, 0.4) is 0 Å². The largest absolute Gasteiger partial charge is 0.373 e. The maximum atomic E-state index is 12.2. The van der Waals surface area contributed by atoms with Gasteiger partial charge in [0.2, 0.25) is 5.91 Å². The molecular formula is C15H18N4O2. The van der Waals surface area contributed by atoms with Gasteiger partial charge in [-0.1, -0.05) is 24.3 Å². The van der Waals surface area contributed by atoms with Crippen LogP contribution in [0.1, 0.15) is 16.8 Å². The first-order valence-electron chi connectivity index (χ1n) is 6.71. The lowest BCUT2D eigenvalue weighted by atomic mass is 10.1. The van der Waals surface area contributed by atoms with Gasteiger partial charge in [0, 0.05) is 38.6 Å². The minimum Gasteiger partial charge on any atom is -0.373 e. The Morgan fingerprint density at radius 2 is 1.86 bits per heavy atom. The van der Waals surface area contributed by atoms with E-state index in [1.807, 2.05) is 24.3 Å². The first-order valence-corrected chi connectivity index (χ1v) is 6.71. The number of rotatable bonds is 5. The van der Waals surface area contributed by atoms with Crippen LogP contribution in [0.5, 0.6) is 0 Å². The number of amides is 2. The van der Waals surface area contributed by atoms with Gasteiger partial charge in [-0.15, -0.1) is 0 Å². The molecule has 0 saturated heterocycles. The third-order valence-corrected chi connectivity index (χ3v) is 3.19. The van der Waals surface area contributed by atoms with Crippen LogP contribution < -0.4 is 16.0 Å². The summed E-state index contributed by atoms with van der Waals surface area (Å²) >= 11 is 0. The molecule has 2 amide bonds. The topological polar surface area (TPSA) is 83.1 Å². The fraction of sp³-hybridized carbons (Fsp3) is 0.267. The lowest BCUT2D eigenvalue weighted by Crippen LogP contribution is -2.29. The third-order valence-electron chi connectivity index (χ3n) is 3.19. The van der Waals surface area contributed by atoms with E-state index in [4.69, 9.17) is 0 Å². The summed E-state index contributed by atoms with van der Waals surface area (Å²) in [6.45, 7) is 0.292. The highest BCUT2D eigenvalue weighted by atomic mass is 16.2. The summed E-state index contributed by atoms with van der Waals surface area (Å²) in [6.07, 6.45) is 1.80. The molecule has 1 aromatic carbocycles. The molecule has 2 rings (SSSR count). The van der Waals surface area contributed by atoms with Crippen LogP contribution in [0, 0.1) is 0 Å². The SMILES string of the molecule is CNC(=O)CCNC(=O)c1cnc(NC)c2ccccc12. The molecule has 0 aliphatic carbocycles. The average Bonchev–Trinajstić information content (AvgIpc) is 2.53. The van der Waals surface area contributed by atoms with Gasteiger partial charge >= 0.3 is 0 Å². The van der Waals surface area contributed by atoms with Crippen LogP contribution in [0.15, 0.2) is 30.5 Å². The molecule has 0 spiro atoms. The minimum absolute atomic E-state index is 0.108. The van der Waals surface area contributed by atoms with Crippen molar-refractivity contribution < 1.29 is 9.59 Å². The van der Waals surface area contributed by atoms with Crippen LogP contribution in [0.2, 0.25) is 0 Å². The fourth-order valence-electron chi connectivity index (χ4n) is 2.08. The number of aromatic nitrogens is 1.